The standard InChI is InChI=1S/C4H10NP/c1-2-3-4(5)6/h5H,2-3,6H2,1H3. The molecule has 1 nitrogen and oxygen atoms in total. The monoisotopic (exact) mass is 103 g/mol. The van der Waals surface area contributed by atoms with E-state index in [9.17, 15) is 0 Å². The normalized spacial score (nSPS) is 8.33. The lowest BCUT2D eigenvalue weighted by Gasteiger charge is -1.84. The van der Waals surface area contributed by atoms with Gasteiger partial charge in [-0.05, 0) is 6.42 Å². The molecule has 6 heavy (non-hydrogen) atoms. The summed E-state index contributed by atoms with van der Waals surface area (Å²) in [7, 11) is 2.36. The van der Waals surface area contributed by atoms with E-state index in [0.717, 1.165) is 12.8 Å². The Morgan fingerprint density at radius 3 is 2.33 bits per heavy atom. The molecular weight excluding hydrogens is 93.0 g/mol. The highest BCUT2D eigenvalue weighted by atomic mass is 31.0. The molecule has 0 aliphatic carbocycles. The molecule has 36 valence electrons. The van der Waals surface area contributed by atoms with Crippen LogP contribution >= 0.6 is 9.24 Å². The molecule has 1 unspecified atom stereocenters. The first kappa shape index (κ1) is 6.10. The molecule has 0 saturated carbocycles. The summed E-state index contributed by atoms with van der Waals surface area (Å²) in [5.74, 6) is 0. The smallest absolute Gasteiger partial charge is 0.0257 e. The SMILES string of the molecule is CCCC(=N)P. The van der Waals surface area contributed by atoms with Gasteiger partial charge < -0.3 is 5.41 Å². The predicted octanol–water partition coefficient (Wildman–Crippen LogP) is 1.64. The minimum absolute atomic E-state index is 0.706. The van der Waals surface area contributed by atoms with Gasteiger partial charge in [-0.15, -0.1) is 0 Å². The lowest BCUT2D eigenvalue weighted by Crippen LogP contribution is -1.77. The zero-order valence-electron chi connectivity index (χ0n) is 3.99. The summed E-state index contributed by atoms with van der Waals surface area (Å²) in [5, 5.41) is 6.86. The average molecular weight is 103 g/mol. The summed E-state index contributed by atoms with van der Waals surface area (Å²) >= 11 is 0. The predicted molar refractivity (Wildman–Crippen MR) is 32.3 cm³/mol. The lowest BCUT2D eigenvalue weighted by molar-refractivity contribution is 0.999. The van der Waals surface area contributed by atoms with Gasteiger partial charge in [0, 0.05) is 5.45 Å². The molecule has 0 aromatic heterocycles. The lowest BCUT2D eigenvalue weighted by atomic mass is 10.4. The van der Waals surface area contributed by atoms with Crippen molar-refractivity contribution in [3.05, 3.63) is 0 Å². The maximum absolute atomic E-state index is 6.86. The van der Waals surface area contributed by atoms with Crippen molar-refractivity contribution in [3.8, 4) is 0 Å². The van der Waals surface area contributed by atoms with Gasteiger partial charge in [0.2, 0.25) is 0 Å². The number of rotatable bonds is 2. The van der Waals surface area contributed by atoms with Gasteiger partial charge in [-0.3, -0.25) is 0 Å². The zero-order chi connectivity index (χ0) is 4.99. The van der Waals surface area contributed by atoms with Crippen LogP contribution in [0, 0.1) is 5.41 Å². The average Bonchev–Trinajstić information content (AvgIpc) is 1.35. The van der Waals surface area contributed by atoms with Crippen molar-refractivity contribution < 1.29 is 0 Å². The van der Waals surface area contributed by atoms with Crippen LogP contribution in [-0.4, -0.2) is 5.45 Å². The molecule has 0 heterocycles. The van der Waals surface area contributed by atoms with Gasteiger partial charge in [0.1, 0.15) is 0 Å². The van der Waals surface area contributed by atoms with Crippen LogP contribution in [0.3, 0.4) is 0 Å². The van der Waals surface area contributed by atoms with Gasteiger partial charge >= 0.3 is 0 Å². The van der Waals surface area contributed by atoms with Gasteiger partial charge in [-0.25, -0.2) is 0 Å². The first-order valence-corrected chi connectivity index (χ1v) is 2.68. The first-order valence-electron chi connectivity index (χ1n) is 2.10. The summed E-state index contributed by atoms with van der Waals surface area (Å²) in [6, 6.07) is 0. The van der Waals surface area contributed by atoms with Crippen molar-refractivity contribution in [1.82, 2.24) is 0 Å². The summed E-state index contributed by atoms with van der Waals surface area (Å²) in [6.45, 7) is 2.07. The maximum atomic E-state index is 6.86. The number of nitrogens with one attached hydrogen (secondary N) is 1. The Bertz CT molecular complexity index is 51.5. The van der Waals surface area contributed by atoms with Gasteiger partial charge in [0.05, 0.1) is 0 Å². The topological polar surface area (TPSA) is 23.9 Å². The number of hydrogen-bond acceptors (Lipinski definition) is 1. The van der Waals surface area contributed by atoms with E-state index in [0.29, 0.717) is 5.45 Å². The minimum Gasteiger partial charge on any atom is -0.306 e. The van der Waals surface area contributed by atoms with Gasteiger partial charge in [-0.2, -0.15) is 0 Å². The minimum atomic E-state index is 0.706. The molecule has 0 radical (unpaired) electrons. The van der Waals surface area contributed by atoms with E-state index >= 15 is 0 Å². The molecule has 0 aromatic carbocycles. The molecule has 0 rings (SSSR count). The third-order valence-electron chi connectivity index (χ3n) is 0.519. The summed E-state index contributed by atoms with van der Waals surface area (Å²) in [5.41, 5.74) is 0.706. The van der Waals surface area contributed by atoms with E-state index in [1.54, 1.807) is 0 Å². The second kappa shape index (κ2) is 3.30. The van der Waals surface area contributed by atoms with E-state index in [2.05, 4.69) is 16.2 Å². The van der Waals surface area contributed by atoms with E-state index in [4.69, 9.17) is 5.41 Å². The maximum Gasteiger partial charge on any atom is 0.0257 e. The summed E-state index contributed by atoms with van der Waals surface area (Å²) in [4.78, 5) is 0. The van der Waals surface area contributed by atoms with Crippen LogP contribution in [0.4, 0.5) is 0 Å². The fourth-order valence-corrected chi connectivity index (χ4v) is 0.558. The van der Waals surface area contributed by atoms with E-state index in [1.807, 2.05) is 0 Å². The molecule has 0 aliphatic rings. The highest BCUT2D eigenvalue weighted by molar-refractivity contribution is 7.40. The van der Waals surface area contributed by atoms with Gasteiger partial charge in [-0.1, -0.05) is 22.6 Å². The fraction of sp³-hybridized carbons (Fsp3) is 0.750. The molecule has 2 heteroatoms. The molecule has 1 N–H and O–H groups in total. The van der Waals surface area contributed by atoms with Crippen LogP contribution in [0.2, 0.25) is 0 Å². The third kappa shape index (κ3) is 4.10. The molecular formula is C4H10NP. The van der Waals surface area contributed by atoms with Gasteiger partial charge in [0.15, 0.2) is 0 Å². The van der Waals surface area contributed by atoms with Crippen LogP contribution in [0.15, 0.2) is 0 Å². The van der Waals surface area contributed by atoms with Gasteiger partial charge in [0.25, 0.3) is 0 Å². The Morgan fingerprint density at radius 2 is 2.33 bits per heavy atom. The number of hydrogen-bond donors (Lipinski definition) is 1. The van der Waals surface area contributed by atoms with Crippen LogP contribution in [0.5, 0.6) is 0 Å². The fourth-order valence-electron chi connectivity index (χ4n) is 0.269. The van der Waals surface area contributed by atoms with Crippen molar-refractivity contribution in [3.63, 3.8) is 0 Å². The van der Waals surface area contributed by atoms with Crippen molar-refractivity contribution >= 4 is 14.7 Å². The highest BCUT2D eigenvalue weighted by Gasteiger charge is 1.78. The Balaban J connectivity index is 2.83. The molecule has 1 atom stereocenters. The van der Waals surface area contributed by atoms with Crippen molar-refractivity contribution in [2.75, 3.05) is 0 Å². The van der Waals surface area contributed by atoms with E-state index in [-0.39, 0.29) is 0 Å². The zero-order valence-corrected chi connectivity index (χ0v) is 5.15. The molecule has 0 amide bonds. The van der Waals surface area contributed by atoms with E-state index < -0.39 is 0 Å². The largest absolute Gasteiger partial charge is 0.306 e. The van der Waals surface area contributed by atoms with Crippen molar-refractivity contribution in [1.29, 1.82) is 5.41 Å². The molecule has 0 aromatic rings. The quantitative estimate of drug-likeness (QED) is 0.405. The van der Waals surface area contributed by atoms with E-state index in [1.165, 1.54) is 0 Å². The second-order valence-electron chi connectivity index (χ2n) is 1.28. The van der Waals surface area contributed by atoms with Crippen LogP contribution in [-0.2, 0) is 0 Å². The first-order chi connectivity index (χ1) is 2.77. The third-order valence-corrected chi connectivity index (χ3v) is 0.808. The Kier molecular flexibility index (Phi) is 3.35. The molecule has 0 spiro atoms. The van der Waals surface area contributed by atoms with Crippen LogP contribution in [0.25, 0.3) is 0 Å². The van der Waals surface area contributed by atoms with Crippen LogP contribution < -0.4 is 0 Å². The molecule has 0 saturated heterocycles. The van der Waals surface area contributed by atoms with Crippen molar-refractivity contribution in [2.24, 2.45) is 0 Å². The molecule has 0 aliphatic heterocycles. The highest BCUT2D eigenvalue weighted by Crippen LogP contribution is 1.94. The summed E-state index contributed by atoms with van der Waals surface area (Å²) < 4.78 is 0. The Labute approximate surface area is 40.8 Å². The van der Waals surface area contributed by atoms with Crippen LogP contribution in [0.1, 0.15) is 19.8 Å². The Hall–Kier alpha value is 0.100. The Morgan fingerprint density at radius 1 is 1.83 bits per heavy atom. The molecule has 0 bridgehead atoms. The summed E-state index contributed by atoms with van der Waals surface area (Å²) in [6.07, 6.45) is 2.01. The molecule has 0 fully saturated rings. The second-order valence-corrected chi connectivity index (χ2v) is 1.97. The van der Waals surface area contributed by atoms with Crippen molar-refractivity contribution in [2.45, 2.75) is 19.8 Å².